The first-order valence-corrected chi connectivity index (χ1v) is 5.81. The van der Waals surface area contributed by atoms with Gasteiger partial charge in [0.05, 0.1) is 12.6 Å². The number of hydrogen-bond acceptors (Lipinski definition) is 3. The predicted molar refractivity (Wildman–Crippen MR) is 65.2 cm³/mol. The second-order valence-corrected chi connectivity index (χ2v) is 5.56. The Bertz CT molecular complexity index is 312. The molecular weight excluding hydrogens is 202 g/mol. The maximum Gasteiger partial charge on any atom is 0.117 e. The zero-order chi connectivity index (χ0) is 12.2. The van der Waals surface area contributed by atoms with Crippen LogP contribution in [-0.2, 0) is 6.54 Å². The van der Waals surface area contributed by atoms with Crippen LogP contribution in [0.25, 0.3) is 0 Å². The lowest BCUT2D eigenvalue weighted by molar-refractivity contribution is 0.119. The monoisotopic (exact) mass is 225 g/mol. The van der Waals surface area contributed by atoms with Crippen LogP contribution in [0.15, 0.2) is 16.5 Å². The Morgan fingerprint density at radius 2 is 2.06 bits per heavy atom. The highest BCUT2D eigenvalue weighted by atomic mass is 16.3. The third-order valence-electron chi connectivity index (χ3n) is 2.32. The molecule has 16 heavy (non-hydrogen) atoms. The molecule has 1 rings (SSSR count). The number of furan rings is 1. The van der Waals surface area contributed by atoms with Crippen molar-refractivity contribution in [2.24, 2.45) is 5.41 Å². The fourth-order valence-electron chi connectivity index (χ4n) is 1.72. The fourth-order valence-corrected chi connectivity index (χ4v) is 1.72. The van der Waals surface area contributed by atoms with Crippen LogP contribution in [-0.4, -0.2) is 17.8 Å². The number of rotatable bonds is 5. The van der Waals surface area contributed by atoms with Crippen LogP contribution in [0.1, 0.15) is 38.7 Å². The number of aliphatic hydroxyl groups excluding tert-OH is 1. The normalized spacial score (nSPS) is 14.1. The summed E-state index contributed by atoms with van der Waals surface area (Å²) in [6.45, 7) is 9.61. The lowest BCUT2D eigenvalue weighted by Crippen LogP contribution is -2.29. The second kappa shape index (κ2) is 5.51. The molecule has 0 saturated heterocycles. The summed E-state index contributed by atoms with van der Waals surface area (Å²) in [5, 5.41) is 13.0. The summed E-state index contributed by atoms with van der Waals surface area (Å²) in [6, 6.07) is 3.90. The lowest BCUT2D eigenvalue weighted by atomic mass is 9.89. The van der Waals surface area contributed by atoms with Crippen molar-refractivity contribution < 1.29 is 9.52 Å². The van der Waals surface area contributed by atoms with Gasteiger partial charge in [-0.25, -0.2) is 0 Å². The molecular formula is C13H23NO2. The SMILES string of the molecule is Cc1ccc(CNCC(O)CC(C)(C)C)o1. The smallest absolute Gasteiger partial charge is 0.117 e. The summed E-state index contributed by atoms with van der Waals surface area (Å²) in [5.74, 6) is 1.84. The Hall–Kier alpha value is -0.800. The molecule has 0 aliphatic heterocycles. The van der Waals surface area contributed by atoms with Crippen molar-refractivity contribution in [2.45, 2.75) is 46.8 Å². The molecule has 3 nitrogen and oxygen atoms in total. The zero-order valence-electron chi connectivity index (χ0n) is 10.7. The molecule has 0 radical (unpaired) electrons. The van der Waals surface area contributed by atoms with Crippen LogP contribution in [0.3, 0.4) is 0 Å². The van der Waals surface area contributed by atoms with Gasteiger partial charge in [-0.2, -0.15) is 0 Å². The molecule has 1 atom stereocenters. The molecule has 92 valence electrons. The molecule has 1 aromatic heterocycles. The Morgan fingerprint density at radius 1 is 1.38 bits per heavy atom. The summed E-state index contributed by atoms with van der Waals surface area (Å²) >= 11 is 0. The highest BCUT2D eigenvalue weighted by Gasteiger charge is 2.16. The summed E-state index contributed by atoms with van der Waals surface area (Å²) in [6.07, 6.45) is 0.507. The van der Waals surface area contributed by atoms with Crippen molar-refractivity contribution in [3.8, 4) is 0 Å². The van der Waals surface area contributed by atoms with Crippen molar-refractivity contribution in [3.05, 3.63) is 23.7 Å². The molecule has 0 fully saturated rings. The molecule has 0 aromatic carbocycles. The molecule has 0 spiro atoms. The van der Waals surface area contributed by atoms with Gasteiger partial charge in [-0.05, 0) is 30.9 Å². The number of aryl methyl sites for hydroxylation is 1. The molecule has 0 aliphatic carbocycles. The predicted octanol–water partition coefficient (Wildman–Crippen LogP) is 2.47. The van der Waals surface area contributed by atoms with E-state index < -0.39 is 0 Å². The first-order valence-electron chi connectivity index (χ1n) is 5.81. The van der Waals surface area contributed by atoms with Crippen LogP contribution in [0.4, 0.5) is 0 Å². The Labute approximate surface area is 97.9 Å². The lowest BCUT2D eigenvalue weighted by Gasteiger charge is -2.22. The summed E-state index contributed by atoms with van der Waals surface area (Å²) < 4.78 is 5.42. The molecule has 2 N–H and O–H groups in total. The quantitative estimate of drug-likeness (QED) is 0.809. The standard InChI is InChI=1S/C13H23NO2/c1-10-5-6-12(16-10)9-14-8-11(15)7-13(2,3)4/h5-6,11,14-15H,7-9H2,1-4H3. The fraction of sp³-hybridized carbons (Fsp3) is 0.692. The van der Waals surface area contributed by atoms with Crippen LogP contribution in [0.5, 0.6) is 0 Å². The van der Waals surface area contributed by atoms with E-state index in [-0.39, 0.29) is 11.5 Å². The first kappa shape index (κ1) is 13.3. The van der Waals surface area contributed by atoms with Crippen LogP contribution in [0.2, 0.25) is 0 Å². The Balaban J connectivity index is 2.20. The van der Waals surface area contributed by atoms with Gasteiger partial charge < -0.3 is 14.8 Å². The molecule has 0 amide bonds. The van der Waals surface area contributed by atoms with Crippen molar-refractivity contribution in [1.82, 2.24) is 5.32 Å². The van der Waals surface area contributed by atoms with Crippen molar-refractivity contribution in [1.29, 1.82) is 0 Å². The number of nitrogens with one attached hydrogen (secondary N) is 1. The van der Waals surface area contributed by atoms with Crippen molar-refractivity contribution in [3.63, 3.8) is 0 Å². The minimum absolute atomic E-state index is 0.169. The van der Waals surface area contributed by atoms with E-state index >= 15 is 0 Å². The molecule has 1 unspecified atom stereocenters. The highest BCUT2D eigenvalue weighted by molar-refractivity contribution is 5.05. The Kier molecular flexibility index (Phi) is 4.56. The number of hydrogen-bond donors (Lipinski definition) is 2. The summed E-state index contributed by atoms with van der Waals surface area (Å²) in [7, 11) is 0. The van der Waals surface area contributed by atoms with Gasteiger partial charge in [-0.3, -0.25) is 0 Å². The summed E-state index contributed by atoms with van der Waals surface area (Å²) in [4.78, 5) is 0. The van der Waals surface area contributed by atoms with Crippen LogP contribution in [0, 0.1) is 12.3 Å². The Morgan fingerprint density at radius 3 is 2.56 bits per heavy atom. The molecule has 3 heteroatoms. The average molecular weight is 225 g/mol. The highest BCUT2D eigenvalue weighted by Crippen LogP contribution is 2.20. The van der Waals surface area contributed by atoms with Crippen LogP contribution < -0.4 is 5.32 Å². The van der Waals surface area contributed by atoms with Gasteiger partial charge in [0.15, 0.2) is 0 Å². The molecule has 0 bridgehead atoms. The second-order valence-electron chi connectivity index (χ2n) is 5.56. The van der Waals surface area contributed by atoms with Crippen LogP contribution >= 0.6 is 0 Å². The van der Waals surface area contributed by atoms with Crippen molar-refractivity contribution >= 4 is 0 Å². The summed E-state index contributed by atoms with van der Waals surface area (Å²) in [5.41, 5.74) is 0.169. The van der Waals surface area contributed by atoms with Gasteiger partial charge in [0.2, 0.25) is 0 Å². The number of aliphatic hydroxyl groups is 1. The minimum atomic E-state index is -0.295. The largest absolute Gasteiger partial charge is 0.465 e. The van der Waals surface area contributed by atoms with E-state index in [0.717, 1.165) is 17.9 Å². The maximum absolute atomic E-state index is 9.77. The maximum atomic E-state index is 9.77. The van der Waals surface area contributed by atoms with Gasteiger partial charge >= 0.3 is 0 Å². The van der Waals surface area contributed by atoms with E-state index in [4.69, 9.17) is 4.42 Å². The molecule has 0 aliphatic rings. The van der Waals surface area contributed by atoms with Gasteiger partial charge in [0.1, 0.15) is 11.5 Å². The third kappa shape index (κ3) is 5.33. The third-order valence-corrected chi connectivity index (χ3v) is 2.32. The van der Waals surface area contributed by atoms with Gasteiger partial charge in [-0.15, -0.1) is 0 Å². The van der Waals surface area contributed by atoms with Gasteiger partial charge in [0, 0.05) is 6.54 Å². The minimum Gasteiger partial charge on any atom is -0.465 e. The van der Waals surface area contributed by atoms with Gasteiger partial charge in [-0.1, -0.05) is 20.8 Å². The molecule has 1 heterocycles. The first-order chi connectivity index (χ1) is 7.37. The van der Waals surface area contributed by atoms with E-state index in [1.54, 1.807) is 0 Å². The molecule has 0 saturated carbocycles. The molecule has 1 aromatic rings. The van der Waals surface area contributed by atoms with E-state index in [1.807, 2.05) is 19.1 Å². The van der Waals surface area contributed by atoms with Gasteiger partial charge in [0.25, 0.3) is 0 Å². The van der Waals surface area contributed by atoms with E-state index in [0.29, 0.717) is 13.1 Å². The topological polar surface area (TPSA) is 45.4 Å². The van der Waals surface area contributed by atoms with E-state index in [9.17, 15) is 5.11 Å². The average Bonchev–Trinajstić information content (AvgIpc) is 2.48. The van der Waals surface area contributed by atoms with E-state index in [1.165, 1.54) is 0 Å². The van der Waals surface area contributed by atoms with E-state index in [2.05, 4.69) is 26.1 Å². The van der Waals surface area contributed by atoms with Crippen molar-refractivity contribution in [2.75, 3.05) is 6.54 Å². The zero-order valence-corrected chi connectivity index (χ0v) is 10.7.